The van der Waals surface area contributed by atoms with Gasteiger partial charge in [0, 0.05) is 11.3 Å². The summed E-state index contributed by atoms with van der Waals surface area (Å²) in [5.41, 5.74) is 2.00. The van der Waals surface area contributed by atoms with E-state index in [0.717, 1.165) is 12.0 Å². The van der Waals surface area contributed by atoms with E-state index in [1.165, 1.54) is 5.57 Å². The molecule has 124 valence electrons. The van der Waals surface area contributed by atoms with Gasteiger partial charge in [-0.3, -0.25) is 9.32 Å². The van der Waals surface area contributed by atoms with E-state index < -0.39 is 5.82 Å². The molecule has 0 aromatic carbocycles. The largest absolute Gasteiger partial charge is 0.542 e. The Hall–Kier alpha value is -1.91. The topological polar surface area (TPSA) is 73.3 Å². The van der Waals surface area contributed by atoms with Crippen molar-refractivity contribution in [2.24, 2.45) is 23.2 Å². The molecule has 23 heavy (non-hydrogen) atoms. The summed E-state index contributed by atoms with van der Waals surface area (Å²) in [6, 6.07) is 0. The molecule has 1 saturated carbocycles. The second-order valence-electron chi connectivity index (χ2n) is 7.36. The highest BCUT2D eigenvalue weighted by atomic mass is 16.6. The first-order chi connectivity index (χ1) is 10.7. The zero-order valence-corrected chi connectivity index (χ0v) is 14.3. The van der Waals surface area contributed by atoms with Crippen molar-refractivity contribution < 1.29 is 13.7 Å². The van der Waals surface area contributed by atoms with Crippen LogP contribution in [0, 0.1) is 23.2 Å². The molecule has 5 nitrogen and oxygen atoms in total. The van der Waals surface area contributed by atoms with Gasteiger partial charge in [-0.2, -0.15) is 0 Å². The maximum absolute atomic E-state index is 12.1. The third-order valence-electron chi connectivity index (χ3n) is 5.79. The number of aromatic nitrogens is 1. The van der Waals surface area contributed by atoms with Crippen molar-refractivity contribution in [1.82, 2.24) is 5.16 Å². The third-order valence-corrected chi connectivity index (χ3v) is 5.79. The summed E-state index contributed by atoms with van der Waals surface area (Å²) in [5, 5.41) is 3.76. The number of carbonyl (C=O) groups excluding carboxylic acids is 1. The van der Waals surface area contributed by atoms with Crippen molar-refractivity contribution in [3.63, 3.8) is 0 Å². The van der Waals surface area contributed by atoms with E-state index in [-0.39, 0.29) is 29.0 Å². The lowest BCUT2D eigenvalue weighted by Crippen LogP contribution is -2.42. The fourth-order valence-corrected chi connectivity index (χ4v) is 5.04. The summed E-state index contributed by atoms with van der Waals surface area (Å²) in [6.07, 6.45) is 4.73. The van der Waals surface area contributed by atoms with Crippen LogP contribution in [0.1, 0.15) is 52.8 Å². The number of nitrogens with zero attached hydrogens (tertiary/aromatic N) is 1. The van der Waals surface area contributed by atoms with E-state index in [4.69, 9.17) is 4.42 Å². The quantitative estimate of drug-likeness (QED) is 0.835. The highest BCUT2D eigenvalue weighted by Gasteiger charge is 2.48. The average molecular weight is 317 g/mol. The molecule has 5 atom stereocenters. The molecule has 0 N–H and O–H groups in total. The zero-order chi connectivity index (χ0) is 16.9. The van der Waals surface area contributed by atoms with Crippen LogP contribution in [0.25, 0.3) is 0 Å². The van der Waals surface area contributed by atoms with Gasteiger partial charge in [0.05, 0.1) is 0 Å². The van der Waals surface area contributed by atoms with E-state index in [2.05, 4.69) is 36.5 Å². The minimum atomic E-state index is -0.765. The van der Waals surface area contributed by atoms with Crippen LogP contribution in [0.3, 0.4) is 0 Å². The number of allylic oxidation sites excluding steroid dienone is 4. The van der Waals surface area contributed by atoms with Crippen molar-refractivity contribution in [2.75, 3.05) is 0 Å². The molecule has 3 rings (SSSR count). The Kier molecular flexibility index (Phi) is 3.69. The van der Waals surface area contributed by atoms with Gasteiger partial charge in [0.25, 0.3) is 0 Å². The van der Waals surface area contributed by atoms with Crippen LogP contribution < -0.4 is 5.82 Å². The standard InChI is InChI=1S/C18H23NO4/c1-9-8-18(5)7-6-13(20)10(2)15(18)11(3)14(9)12(4)16-19-23-17(21)22-16/h6-7,9,11-12,14H,8H2,1-5H3/t9?,11?,12-,14+,18+/m0/s1. The predicted octanol–water partition coefficient (Wildman–Crippen LogP) is 3.49. The van der Waals surface area contributed by atoms with E-state index in [1.807, 2.05) is 13.8 Å². The van der Waals surface area contributed by atoms with Gasteiger partial charge >= 0.3 is 5.82 Å². The number of carbonyl (C=O) groups is 1. The van der Waals surface area contributed by atoms with Crippen molar-refractivity contribution >= 4 is 5.78 Å². The molecule has 2 unspecified atom stereocenters. The SMILES string of the molecule is CC1=C2C(C)[C@H]([C@H](C)c3noc(=O)o3)C(C)C[C@@]2(C)C=CC1=O. The molecule has 0 aliphatic heterocycles. The van der Waals surface area contributed by atoms with Gasteiger partial charge < -0.3 is 4.42 Å². The number of fused-ring (bicyclic) bond motifs is 1. The maximum Gasteiger partial charge on any atom is 0.542 e. The molecule has 2 aliphatic carbocycles. The summed E-state index contributed by atoms with van der Waals surface area (Å²) in [5.74, 6) is 0.476. The van der Waals surface area contributed by atoms with Crippen LogP contribution >= 0.6 is 0 Å². The highest BCUT2D eigenvalue weighted by Crippen LogP contribution is 2.55. The summed E-state index contributed by atoms with van der Waals surface area (Å²) in [4.78, 5) is 23.3. The average Bonchev–Trinajstić information content (AvgIpc) is 2.89. The molecule has 1 fully saturated rings. The Balaban J connectivity index is 2.02. The lowest BCUT2D eigenvalue weighted by Gasteiger charge is -2.49. The molecule has 0 amide bonds. The molecule has 1 heterocycles. The lowest BCUT2D eigenvalue weighted by atomic mass is 9.54. The van der Waals surface area contributed by atoms with Gasteiger partial charge in [0.1, 0.15) is 0 Å². The number of hydrogen-bond donors (Lipinski definition) is 0. The summed E-state index contributed by atoms with van der Waals surface area (Å²) in [7, 11) is 0. The van der Waals surface area contributed by atoms with E-state index in [0.29, 0.717) is 11.8 Å². The monoisotopic (exact) mass is 317 g/mol. The van der Waals surface area contributed by atoms with Crippen molar-refractivity contribution in [1.29, 1.82) is 0 Å². The molecular weight excluding hydrogens is 294 g/mol. The molecule has 0 saturated heterocycles. The Bertz CT molecular complexity index is 753. The summed E-state index contributed by atoms with van der Waals surface area (Å²) >= 11 is 0. The molecule has 1 aromatic rings. The Morgan fingerprint density at radius 1 is 1.35 bits per heavy atom. The first-order valence-corrected chi connectivity index (χ1v) is 8.16. The predicted molar refractivity (Wildman–Crippen MR) is 84.8 cm³/mol. The minimum Gasteiger partial charge on any atom is -0.375 e. The first-order valence-electron chi connectivity index (χ1n) is 8.16. The molecule has 1 aromatic heterocycles. The van der Waals surface area contributed by atoms with Crippen LogP contribution in [0.15, 0.2) is 37.0 Å². The Morgan fingerprint density at radius 2 is 2.04 bits per heavy atom. The van der Waals surface area contributed by atoms with Gasteiger partial charge in [0.15, 0.2) is 5.78 Å². The van der Waals surface area contributed by atoms with Crippen LogP contribution in [0.2, 0.25) is 0 Å². The normalized spacial score (nSPS) is 35.3. The molecular formula is C18H23NO4. The minimum absolute atomic E-state index is 0.0442. The van der Waals surface area contributed by atoms with Crippen molar-refractivity contribution in [3.05, 3.63) is 39.8 Å². The smallest absolute Gasteiger partial charge is 0.375 e. The summed E-state index contributed by atoms with van der Waals surface area (Å²) < 4.78 is 9.64. The first kappa shape index (κ1) is 16.0. The number of rotatable bonds is 2. The van der Waals surface area contributed by atoms with Gasteiger partial charge in [0.2, 0.25) is 5.89 Å². The lowest BCUT2D eigenvalue weighted by molar-refractivity contribution is -0.111. The van der Waals surface area contributed by atoms with Crippen molar-refractivity contribution in [2.45, 2.75) is 47.0 Å². The highest BCUT2D eigenvalue weighted by molar-refractivity contribution is 6.05. The van der Waals surface area contributed by atoms with E-state index in [1.54, 1.807) is 6.08 Å². The van der Waals surface area contributed by atoms with Crippen LogP contribution in [-0.4, -0.2) is 10.9 Å². The molecule has 0 spiro atoms. The molecule has 5 heteroatoms. The molecule has 0 bridgehead atoms. The maximum atomic E-state index is 12.1. The van der Waals surface area contributed by atoms with Crippen LogP contribution in [0.4, 0.5) is 0 Å². The second-order valence-corrected chi connectivity index (χ2v) is 7.36. The Labute approximate surface area is 135 Å². The van der Waals surface area contributed by atoms with Gasteiger partial charge in [-0.15, -0.1) is 0 Å². The van der Waals surface area contributed by atoms with Crippen LogP contribution in [0.5, 0.6) is 0 Å². The van der Waals surface area contributed by atoms with E-state index in [9.17, 15) is 9.59 Å². The van der Waals surface area contributed by atoms with E-state index >= 15 is 0 Å². The van der Waals surface area contributed by atoms with Gasteiger partial charge in [-0.1, -0.05) is 39.3 Å². The van der Waals surface area contributed by atoms with Crippen molar-refractivity contribution in [3.8, 4) is 0 Å². The number of ketones is 1. The van der Waals surface area contributed by atoms with Gasteiger partial charge in [-0.25, -0.2) is 4.79 Å². The van der Waals surface area contributed by atoms with Crippen LogP contribution in [-0.2, 0) is 4.79 Å². The molecule has 0 radical (unpaired) electrons. The number of hydrogen-bond acceptors (Lipinski definition) is 5. The van der Waals surface area contributed by atoms with Gasteiger partial charge in [-0.05, 0) is 47.9 Å². The summed E-state index contributed by atoms with van der Waals surface area (Å²) in [6.45, 7) is 10.5. The third kappa shape index (κ3) is 2.42. The second kappa shape index (κ2) is 5.32. The fraction of sp³-hybridized carbons (Fsp3) is 0.611. The fourth-order valence-electron chi connectivity index (χ4n) is 5.04. The Morgan fingerprint density at radius 3 is 2.65 bits per heavy atom. The zero-order valence-electron chi connectivity index (χ0n) is 14.3. The molecule has 2 aliphatic rings.